The molecule has 4 nitrogen and oxygen atoms in total. The number of hydrogen-bond donors (Lipinski definition) is 2. The summed E-state index contributed by atoms with van der Waals surface area (Å²) >= 11 is 0. The number of allylic oxidation sites excluding steroid dienone is 1. The van der Waals surface area contributed by atoms with Gasteiger partial charge in [-0.1, -0.05) is 176 Å². The number of amidine groups is 1. The molecule has 2 atom stereocenters. The highest BCUT2D eigenvalue weighted by Gasteiger charge is 2.52. The lowest BCUT2D eigenvalue weighted by atomic mass is 9.63. The Labute approximate surface area is 362 Å². The molecule has 1 aliphatic carbocycles. The highest BCUT2D eigenvalue weighted by molar-refractivity contribution is 6.04. The van der Waals surface area contributed by atoms with Gasteiger partial charge in [-0.25, -0.2) is 4.99 Å². The van der Waals surface area contributed by atoms with Crippen molar-refractivity contribution in [2.24, 2.45) is 4.99 Å². The first-order valence-corrected chi connectivity index (χ1v) is 21.5. The fraction of sp³-hybridized carbons (Fsp3) is 0.0517. The van der Waals surface area contributed by atoms with Crippen molar-refractivity contribution >= 4 is 22.9 Å². The van der Waals surface area contributed by atoms with Gasteiger partial charge in [-0.05, 0) is 115 Å². The summed E-state index contributed by atoms with van der Waals surface area (Å²) in [6.07, 6.45) is 6.59. The summed E-state index contributed by atoms with van der Waals surface area (Å²) < 4.78 is 0. The lowest BCUT2D eigenvalue weighted by Gasteiger charge is -2.47. The molecule has 12 rings (SSSR count). The van der Waals surface area contributed by atoms with Crippen molar-refractivity contribution in [3.8, 4) is 33.4 Å². The van der Waals surface area contributed by atoms with Crippen LogP contribution in [0.15, 0.2) is 241 Å². The first-order chi connectivity index (χ1) is 30.7. The summed E-state index contributed by atoms with van der Waals surface area (Å²) in [4.78, 5) is 7.63. The Morgan fingerprint density at radius 3 is 1.90 bits per heavy atom. The minimum absolute atomic E-state index is 0.000272. The van der Waals surface area contributed by atoms with Crippen LogP contribution >= 0.6 is 0 Å². The van der Waals surface area contributed by atoms with E-state index in [0.717, 1.165) is 46.0 Å². The molecular weight excluding hydrogens is 753 g/mol. The van der Waals surface area contributed by atoms with Crippen LogP contribution in [-0.4, -0.2) is 12.4 Å². The Balaban J connectivity index is 0.932. The maximum atomic E-state index is 5.18. The average molecular weight is 795 g/mol. The SMILES string of the molecule is C1=CC2=C(CN1)C1(c3ccccc3-c3ccc(-c4ccc(-c5cccc(C6=NC(c7ccccc7)=CC(c7ccccc7)N6)c5)cc4)cc31)c1ccccc1N2c1ccccc1. The molecule has 0 bridgehead atoms. The van der Waals surface area contributed by atoms with E-state index >= 15 is 0 Å². The van der Waals surface area contributed by atoms with Gasteiger partial charge >= 0.3 is 0 Å². The van der Waals surface area contributed by atoms with E-state index in [1.54, 1.807) is 0 Å². The zero-order valence-electron chi connectivity index (χ0n) is 34.0. The van der Waals surface area contributed by atoms with E-state index in [4.69, 9.17) is 4.99 Å². The number of hydrogen-bond acceptors (Lipinski definition) is 4. The molecule has 8 aromatic rings. The van der Waals surface area contributed by atoms with Crippen LogP contribution in [0.1, 0.15) is 39.4 Å². The lowest BCUT2D eigenvalue weighted by molar-refractivity contribution is 0.667. The second-order valence-corrected chi connectivity index (χ2v) is 16.4. The van der Waals surface area contributed by atoms with Crippen molar-refractivity contribution in [3.63, 3.8) is 0 Å². The molecule has 4 heteroatoms. The monoisotopic (exact) mass is 794 g/mol. The first-order valence-electron chi connectivity index (χ1n) is 21.5. The smallest absolute Gasteiger partial charge is 0.134 e. The van der Waals surface area contributed by atoms with E-state index in [1.807, 2.05) is 6.07 Å². The van der Waals surface area contributed by atoms with Crippen molar-refractivity contribution in [1.82, 2.24) is 10.6 Å². The number of aliphatic imine (C=N–C) groups is 1. The fourth-order valence-electron chi connectivity index (χ4n) is 10.2. The average Bonchev–Trinajstić information content (AvgIpc) is 3.65. The molecule has 3 aliphatic heterocycles. The van der Waals surface area contributed by atoms with Crippen molar-refractivity contribution in [2.75, 3.05) is 11.4 Å². The third-order valence-electron chi connectivity index (χ3n) is 13.0. The van der Waals surface area contributed by atoms with Crippen LogP contribution in [-0.2, 0) is 5.41 Å². The van der Waals surface area contributed by atoms with E-state index in [1.165, 1.54) is 61.5 Å². The van der Waals surface area contributed by atoms with E-state index in [-0.39, 0.29) is 6.04 Å². The maximum Gasteiger partial charge on any atom is 0.134 e. The Morgan fingerprint density at radius 2 is 1.11 bits per heavy atom. The summed E-state index contributed by atoms with van der Waals surface area (Å²) in [7, 11) is 0. The first kappa shape index (κ1) is 35.9. The van der Waals surface area contributed by atoms with Crippen LogP contribution in [0.4, 0.5) is 11.4 Å². The Bertz CT molecular complexity index is 3140. The van der Waals surface area contributed by atoms with Crippen LogP contribution in [0.25, 0.3) is 39.1 Å². The molecule has 62 heavy (non-hydrogen) atoms. The molecule has 3 heterocycles. The van der Waals surface area contributed by atoms with Crippen LogP contribution < -0.4 is 15.5 Å². The number of para-hydroxylation sites is 2. The van der Waals surface area contributed by atoms with Gasteiger partial charge < -0.3 is 15.5 Å². The molecular formula is C58H42N4. The highest BCUT2D eigenvalue weighted by Crippen LogP contribution is 2.62. The largest absolute Gasteiger partial charge is 0.387 e. The minimum Gasteiger partial charge on any atom is -0.387 e. The second-order valence-electron chi connectivity index (χ2n) is 16.4. The molecule has 0 amide bonds. The molecule has 4 aliphatic rings. The van der Waals surface area contributed by atoms with Crippen molar-refractivity contribution in [1.29, 1.82) is 0 Å². The van der Waals surface area contributed by atoms with Crippen LogP contribution in [0.5, 0.6) is 0 Å². The number of fused-ring (bicyclic) bond motifs is 8. The third-order valence-corrected chi connectivity index (χ3v) is 13.0. The fourth-order valence-corrected chi connectivity index (χ4v) is 10.2. The van der Waals surface area contributed by atoms with E-state index in [9.17, 15) is 0 Å². The van der Waals surface area contributed by atoms with Gasteiger partial charge in [0.1, 0.15) is 5.84 Å². The Kier molecular flexibility index (Phi) is 8.49. The molecule has 0 radical (unpaired) electrons. The predicted octanol–water partition coefficient (Wildman–Crippen LogP) is 13.0. The summed E-state index contributed by atoms with van der Waals surface area (Å²) in [6.45, 7) is 0.744. The van der Waals surface area contributed by atoms with Crippen molar-refractivity contribution in [2.45, 2.75) is 11.5 Å². The zero-order valence-corrected chi connectivity index (χ0v) is 34.0. The molecule has 2 unspecified atom stereocenters. The van der Waals surface area contributed by atoms with Crippen molar-refractivity contribution in [3.05, 3.63) is 269 Å². The Morgan fingerprint density at radius 1 is 0.500 bits per heavy atom. The maximum absolute atomic E-state index is 5.18. The standard InChI is InChI=1S/C58H42N4/c1-4-15-41(16-5-1)53-37-54(42-17-6-2-7-18-42)61-57(60-53)45-20-14-19-43(35-45)39-27-29-40(30-28-39)44-31-32-48-47-23-10-11-24-49(47)58(51(48)36-44)50-25-12-13-26-55(50)62(46-21-8-3-9-22-46)56-33-34-59-38-52(56)58/h1-37,53,59H,38H2,(H,60,61). The summed E-state index contributed by atoms with van der Waals surface area (Å²) in [5.41, 5.74) is 20.1. The predicted molar refractivity (Wildman–Crippen MR) is 255 cm³/mol. The van der Waals surface area contributed by atoms with Gasteiger partial charge in [0.05, 0.1) is 28.5 Å². The van der Waals surface area contributed by atoms with Gasteiger partial charge in [-0.3, -0.25) is 0 Å². The summed E-state index contributed by atoms with van der Waals surface area (Å²) in [5.74, 6) is 0.866. The lowest BCUT2D eigenvalue weighted by Crippen LogP contribution is -2.43. The highest BCUT2D eigenvalue weighted by atomic mass is 15.2. The van der Waals surface area contributed by atoms with Gasteiger partial charge in [-0.15, -0.1) is 0 Å². The summed E-state index contributed by atoms with van der Waals surface area (Å²) in [5, 5.41) is 7.37. The van der Waals surface area contributed by atoms with Gasteiger partial charge in [0, 0.05) is 17.8 Å². The number of benzene rings is 8. The van der Waals surface area contributed by atoms with Gasteiger partial charge in [0.25, 0.3) is 0 Å². The van der Waals surface area contributed by atoms with E-state index < -0.39 is 5.41 Å². The molecule has 1 spiro atoms. The van der Waals surface area contributed by atoms with Crippen LogP contribution in [0.2, 0.25) is 0 Å². The molecule has 2 N–H and O–H groups in total. The molecule has 294 valence electrons. The quantitative estimate of drug-likeness (QED) is 0.176. The van der Waals surface area contributed by atoms with Gasteiger partial charge in [0.15, 0.2) is 0 Å². The number of rotatable bonds is 6. The Hall–Kier alpha value is -7.95. The van der Waals surface area contributed by atoms with Crippen LogP contribution in [0.3, 0.4) is 0 Å². The van der Waals surface area contributed by atoms with E-state index in [0.29, 0.717) is 0 Å². The normalized spacial score (nSPS) is 18.1. The summed E-state index contributed by atoms with van der Waals surface area (Å²) in [6, 6.07) is 74.8. The van der Waals surface area contributed by atoms with Crippen LogP contribution in [0, 0.1) is 0 Å². The molecule has 0 saturated carbocycles. The third kappa shape index (κ3) is 5.72. The number of nitrogens with zero attached hydrogens (tertiary/aromatic N) is 2. The molecule has 0 aromatic heterocycles. The topological polar surface area (TPSA) is 39.7 Å². The van der Waals surface area contributed by atoms with Gasteiger partial charge in [0.2, 0.25) is 0 Å². The molecule has 0 fully saturated rings. The number of nitrogens with one attached hydrogen (secondary N) is 2. The second kappa shape index (κ2) is 14.6. The minimum atomic E-state index is -0.470. The van der Waals surface area contributed by atoms with Gasteiger partial charge in [-0.2, -0.15) is 0 Å². The van der Waals surface area contributed by atoms with Crippen molar-refractivity contribution < 1.29 is 0 Å². The van der Waals surface area contributed by atoms with E-state index in [2.05, 4.69) is 234 Å². The number of anilines is 2. The number of dihydropyridines is 1. The molecule has 0 saturated heterocycles. The molecule has 8 aromatic carbocycles. The zero-order chi connectivity index (χ0) is 41.0.